The molecule has 3 heteroatoms. The Labute approximate surface area is 121 Å². The highest BCUT2D eigenvalue weighted by Crippen LogP contribution is 2.27. The summed E-state index contributed by atoms with van der Waals surface area (Å²) in [4.78, 5) is 4.96. The van der Waals surface area contributed by atoms with Crippen molar-refractivity contribution in [3.63, 3.8) is 0 Å². The Bertz CT molecular complexity index is 577. The second-order valence-electron chi connectivity index (χ2n) is 5.97. The average molecular weight is 271 g/mol. The number of nitrogens with zero attached hydrogens (tertiary/aromatic N) is 2. The van der Waals surface area contributed by atoms with Crippen LogP contribution in [-0.2, 0) is 6.54 Å². The van der Waals surface area contributed by atoms with Crippen LogP contribution in [0.15, 0.2) is 18.2 Å². The largest absolute Gasteiger partial charge is 0.327 e. The zero-order chi connectivity index (χ0) is 13.9. The molecule has 0 bridgehead atoms. The molecule has 1 aliphatic rings. The Morgan fingerprint density at radius 3 is 3.05 bits per heavy atom. The molecule has 1 unspecified atom stereocenters. The van der Waals surface area contributed by atoms with Crippen LogP contribution < -0.4 is 5.32 Å². The second kappa shape index (κ2) is 5.96. The maximum absolute atomic E-state index is 4.96. The van der Waals surface area contributed by atoms with Gasteiger partial charge >= 0.3 is 0 Å². The van der Waals surface area contributed by atoms with E-state index in [-0.39, 0.29) is 0 Å². The fourth-order valence-electron chi connectivity index (χ4n) is 3.23. The molecular formula is C17H25N3. The first-order chi connectivity index (χ1) is 9.79. The third-order valence-corrected chi connectivity index (χ3v) is 4.25. The van der Waals surface area contributed by atoms with E-state index in [1.54, 1.807) is 0 Å². The summed E-state index contributed by atoms with van der Waals surface area (Å²) in [6, 6.07) is 7.06. The van der Waals surface area contributed by atoms with Crippen LogP contribution in [0.4, 0.5) is 0 Å². The quantitative estimate of drug-likeness (QED) is 0.915. The van der Waals surface area contributed by atoms with E-state index >= 15 is 0 Å². The van der Waals surface area contributed by atoms with Crippen molar-refractivity contribution in [2.24, 2.45) is 0 Å². The highest BCUT2D eigenvalue weighted by molar-refractivity contribution is 5.77. The molecule has 1 fully saturated rings. The van der Waals surface area contributed by atoms with Gasteiger partial charge in [-0.2, -0.15) is 0 Å². The van der Waals surface area contributed by atoms with E-state index in [4.69, 9.17) is 4.98 Å². The molecule has 1 aromatic carbocycles. The van der Waals surface area contributed by atoms with Crippen LogP contribution in [0.25, 0.3) is 11.0 Å². The van der Waals surface area contributed by atoms with Crippen molar-refractivity contribution in [1.82, 2.24) is 14.9 Å². The molecule has 20 heavy (non-hydrogen) atoms. The lowest BCUT2D eigenvalue weighted by molar-refractivity contribution is 0.480. The molecule has 3 nitrogen and oxygen atoms in total. The predicted molar refractivity (Wildman–Crippen MR) is 84.0 cm³/mol. The van der Waals surface area contributed by atoms with Crippen molar-refractivity contribution in [2.45, 2.75) is 58.5 Å². The van der Waals surface area contributed by atoms with Crippen LogP contribution >= 0.6 is 0 Å². The minimum absolute atomic E-state index is 0.428. The van der Waals surface area contributed by atoms with E-state index in [0.29, 0.717) is 6.04 Å². The van der Waals surface area contributed by atoms with Crippen molar-refractivity contribution >= 4 is 11.0 Å². The molecule has 2 aromatic rings. The maximum atomic E-state index is 4.96. The van der Waals surface area contributed by atoms with Crippen LogP contribution in [0, 0.1) is 6.92 Å². The Morgan fingerprint density at radius 2 is 2.20 bits per heavy atom. The van der Waals surface area contributed by atoms with Gasteiger partial charge in [0.2, 0.25) is 0 Å². The summed E-state index contributed by atoms with van der Waals surface area (Å²) in [5, 5.41) is 3.69. The van der Waals surface area contributed by atoms with Crippen molar-refractivity contribution in [2.75, 3.05) is 6.54 Å². The summed E-state index contributed by atoms with van der Waals surface area (Å²) in [6.45, 7) is 6.57. The van der Waals surface area contributed by atoms with E-state index in [0.717, 1.165) is 25.0 Å². The molecule has 0 saturated carbocycles. The smallest absolute Gasteiger partial charge is 0.127 e. The number of aromatic nitrogens is 2. The fourth-order valence-corrected chi connectivity index (χ4v) is 3.23. The van der Waals surface area contributed by atoms with Gasteiger partial charge in [0.25, 0.3) is 0 Å². The van der Waals surface area contributed by atoms with E-state index in [1.807, 2.05) is 0 Å². The summed E-state index contributed by atoms with van der Waals surface area (Å²) in [6.07, 6.45) is 6.32. The van der Waals surface area contributed by atoms with Gasteiger partial charge < -0.3 is 9.88 Å². The molecule has 0 aliphatic carbocycles. The number of fused-ring (bicyclic) bond motifs is 1. The molecule has 3 rings (SSSR count). The molecule has 1 aliphatic heterocycles. The molecule has 2 heterocycles. The first-order valence-corrected chi connectivity index (χ1v) is 7.99. The number of aryl methyl sites for hydroxylation is 2. The average Bonchev–Trinajstić information content (AvgIpc) is 2.64. The normalized spacial score (nSPS) is 20.2. The number of hydrogen-bond acceptors (Lipinski definition) is 2. The lowest BCUT2D eigenvalue weighted by Gasteiger charge is -2.17. The standard InChI is InChI=1S/C17H25N3/c1-3-11-20-16-9-8-13(2)12-15(16)19-17(20)14-7-5-4-6-10-18-14/h8-9,12,14,18H,3-7,10-11H2,1-2H3. The van der Waals surface area contributed by atoms with E-state index in [2.05, 4.69) is 41.9 Å². The second-order valence-corrected chi connectivity index (χ2v) is 5.97. The fraction of sp³-hybridized carbons (Fsp3) is 0.588. The minimum atomic E-state index is 0.428. The number of hydrogen-bond donors (Lipinski definition) is 1. The van der Waals surface area contributed by atoms with Crippen LogP contribution in [0.5, 0.6) is 0 Å². The van der Waals surface area contributed by atoms with Gasteiger partial charge in [0.1, 0.15) is 5.82 Å². The molecule has 0 spiro atoms. The van der Waals surface area contributed by atoms with E-state index in [1.165, 1.54) is 42.6 Å². The van der Waals surface area contributed by atoms with E-state index in [9.17, 15) is 0 Å². The monoisotopic (exact) mass is 271 g/mol. The van der Waals surface area contributed by atoms with Gasteiger partial charge in [-0.05, 0) is 50.4 Å². The van der Waals surface area contributed by atoms with Crippen LogP contribution in [0.1, 0.15) is 56.5 Å². The first kappa shape index (κ1) is 13.6. The zero-order valence-electron chi connectivity index (χ0n) is 12.7. The molecular weight excluding hydrogens is 246 g/mol. The Kier molecular flexibility index (Phi) is 4.06. The van der Waals surface area contributed by atoms with Crippen molar-refractivity contribution < 1.29 is 0 Å². The van der Waals surface area contributed by atoms with Gasteiger partial charge in [0.15, 0.2) is 0 Å². The van der Waals surface area contributed by atoms with Crippen LogP contribution in [0.3, 0.4) is 0 Å². The van der Waals surface area contributed by atoms with Crippen LogP contribution in [0.2, 0.25) is 0 Å². The van der Waals surface area contributed by atoms with Crippen molar-refractivity contribution in [3.05, 3.63) is 29.6 Å². The molecule has 1 N–H and O–H groups in total. The summed E-state index contributed by atoms with van der Waals surface area (Å²) < 4.78 is 2.43. The molecule has 1 saturated heterocycles. The number of nitrogens with one attached hydrogen (secondary N) is 1. The van der Waals surface area contributed by atoms with Gasteiger partial charge in [-0.25, -0.2) is 4.98 Å². The SMILES string of the molecule is CCCn1c(C2CCCCCN2)nc2cc(C)ccc21. The third-order valence-electron chi connectivity index (χ3n) is 4.25. The molecule has 1 aromatic heterocycles. The Morgan fingerprint density at radius 1 is 1.30 bits per heavy atom. The summed E-state index contributed by atoms with van der Waals surface area (Å²) in [5.41, 5.74) is 3.73. The lowest BCUT2D eigenvalue weighted by atomic mass is 10.1. The van der Waals surface area contributed by atoms with Crippen molar-refractivity contribution in [1.29, 1.82) is 0 Å². The molecule has 0 radical (unpaired) electrons. The Hall–Kier alpha value is -1.35. The zero-order valence-corrected chi connectivity index (χ0v) is 12.7. The lowest BCUT2D eigenvalue weighted by Crippen LogP contribution is -2.23. The van der Waals surface area contributed by atoms with Gasteiger partial charge in [-0.15, -0.1) is 0 Å². The highest BCUT2D eigenvalue weighted by atomic mass is 15.1. The number of rotatable bonds is 3. The van der Waals surface area contributed by atoms with Gasteiger partial charge in [-0.3, -0.25) is 0 Å². The molecule has 1 atom stereocenters. The van der Waals surface area contributed by atoms with Gasteiger partial charge in [-0.1, -0.05) is 25.8 Å². The van der Waals surface area contributed by atoms with E-state index < -0.39 is 0 Å². The van der Waals surface area contributed by atoms with Crippen LogP contribution in [-0.4, -0.2) is 16.1 Å². The molecule has 108 valence electrons. The summed E-state index contributed by atoms with van der Waals surface area (Å²) in [5.74, 6) is 1.24. The van der Waals surface area contributed by atoms with Crippen molar-refractivity contribution in [3.8, 4) is 0 Å². The third kappa shape index (κ3) is 2.59. The maximum Gasteiger partial charge on any atom is 0.127 e. The van der Waals surface area contributed by atoms with Gasteiger partial charge in [0, 0.05) is 6.54 Å². The predicted octanol–water partition coefficient (Wildman–Crippen LogP) is 3.96. The summed E-state index contributed by atoms with van der Waals surface area (Å²) in [7, 11) is 0. The Balaban J connectivity index is 2.05. The summed E-state index contributed by atoms with van der Waals surface area (Å²) >= 11 is 0. The highest BCUT2D eigenvalue weighted by Gasteiger charge is 2.20. The number of imidazole rings is 1. The topological polar surface area (TPSA) is 29.9 Å². The molecule has 0 amide bonds. The number of benzene rings is 1. The van der Waals surface area contributed by atoms with Gasteiger partial charge in [0.05, 0.1) is 17.1 Å². The first-order valence-electron chi connectivity index (χ1n) is 7.99. The minimum Gasteiger partial charge on any atom is -0.327 e.